The number of carbonyl (C=O) groups is 1. The highest BCUT2D eigenvalue weighted by Gasteiger charge is 2.17. The first-order chi connectivity index (χ1) is 15.6. The summed E-state index contributed by atoms with van der Waals surface area (Å²) in [5.74, 6) is 1.07. The van der Waals surface area contributed by atoms with E-state index in [1.165, 1.54) is 23.9 Å². The molecule has 0 fully saturated rings. The van der Waals surface area contributed by atoms with Crippen LogP contribution in [0.4, 0.5) is 4.39 Å². The van der Waals surface area contributed by atoms with Gasteiger partial charge in [-0.2, -0.15) is 10.2 Å². The Hall–Kier alpha value is -3.66. The summed E-state index contributed by atoms with van der Waals surface area (Å²) in [7, 11) is 0. The molecule has 0 spiro atoms. The molecule has 0 radical (unpaired) electrons. The summed E-state index contributed by atoms with van der Waals surface area (Å²) in [5, 5.41) is 17.2. The van der Waals surface area contributed by atoms with Crippen LogP contribution in [0.3, 0.4) is 0 Å². The molecular formula is C22H18FN5O3S. The highest BCUT2D eigenvalue weighted by atomic mass is 32.2. The first-order valence-corrected chi connectivity index (χ1v) is 10.8. The molecule has 8 nitrogen and oxygen atoms in total. The fourth-order valence-electron chi connectivity index (χ4n) is 3.35. The lowest BCUT2D eigenvalue weighted by Crippen LogP contribution is -2.24. The van der Waals surface area contributed by atoms with Gasteiger partial charge in [0.2, 0.25) is 12.7 Å². The van der Waals surface area contributed by atoms with E-state index in [-0.39, 0.29) is 24.3 Å². The van der Waals surface area contributed by atoms with E-state index in [9.17, 15) is 9.18 Å². The van der Waals surface area contributed by atoms with Crippen LogP contribution in [0.25, 0.3) is 16.6 Å². The van der Waals surface area contributed by atoms with Crippen LogP contribution in [0.2, 0.25) is 0 Å². The summed E-state index contributed by atoms with van der Waals surface area (Å²) >= 11 is 1.27. The second-order valence-electron chi connectivity index (χ2n) is 7.14. The average Bonchev–Trinajstić information content (AvgIpc) is 3.45. The number of amides is 1. The van der Waals surface area contributed by atoms with E-state index in [0.717, 1.165) is 22.2 Å². The van der Waals surface area contributed by atoms with E-state index >= 15 is 0 Å². The Bertz CT molecular complexity index is 1310. The number of halogens is 1. The molecule has 4 aromatic rings. The van der Waals surface area contributed by atoms with Crippen molar-refractivity contribution in [3.05, 3.63) is 65.7 Å². The molecule has 10 heteroatoms. The first-order valence-electron chi connectivity index (χ1n) is 9.83. The minimum Gasteiger partial charge on any atom is -0.454 e. The van der Waals surface area contributed by atoms with E-state index in [1.54, 1.807) is 23.0 Å². The predicted octanol–water partition coefficient (Wildman–Crippen LogP) is 3.40. The number of hydrogen-bond acceptors (Lipinski definition) is 7. The molecular weight excluding hydrogens is 433 g/mol. The van der Waals surface area contributed by atoms with Gasteiger partial charge in [-0.3, -0.25) is 4.79 Å². The van der Waals surface area contributed by atoms with E-state index in [4.69, 9.17) is 9.47 Å². The molecule has 0 bridgehead atoms. The third kappa shape index (κ3) is 3.96. The second-order valence-corrected chi connectivity index (χ2v) is 8.10. The summed E-state index contributed by atoms with van der Waals surface area (Å²) in [6, 6.07) is 11.6. The third-order valence-electron chi connectivity index (χ3n) is 4.99. The number of nitrogens with one attached hydrogen (secondary N) is 1. The molecule has 0 saturated carbocycles. The SMILES string of the molecule is Cc1nnc(SCC(=O)NCc2ccc3c(c2)OCO3)c2c1cnn2-c1ccc(F)cc1. The van der Waals surface area contributed by atoms with Crippen molar-refractivity contribution in [2.45, 2.75) is 18.5 Å². The molecule has 0 aliphatic carbocycles. The minimum atomic E-state index is -0.324. The number of hydrogen-bond donors (Lipinski definition) is 1. The number of ether oxygens (including phenoxy) is 2. The van der Waals surface area contributed by atoms with Crippen molar-refractivity contribution in [2.75, 3.05) is 12.5 Å². The summed E-state index contributed by atoms with van der Waals surface area (Å²) < 4.78 is 25.7. The maximum Gasteiger partial charge on any atom is 0.231 e. The maximum atomic E-state index is 13.3. The number of benzene rings is 2. The van der Waals surface area contributed by atoms with Crippen LogP contribution in [-0.4, -0.2) is 38.4 Å². The van der Waals surface area contributed by atoms with Gasteiger partial charge in [-0.1, -0.05) is 17.8 Å². The van der Waals surface area contributed by atoms with Gasteiger partial charge in [0.05, 0.1) is 23.3 Å². The van der Waals surface area contributed by atoms with Crippen molar-refractivity contribution in [1.82, 2.24) is 25.3 Å². The predicted molar refractivity (Wildman–Crippen MR) is 116 cm³/mol. The van der Waals surface area contributed by atoms with Crippen molar-refractivity contribution >= 4 is 28.6 Å². The number of rotatable bonds is 6. The van der Waals surface area contributed by atoms with Gasteiger partial charge in [-0.25, -0.2) is 9.07 Å². The van der Waals surface area contributed by atoms with Crippen molar-refractivity contribution in [1.29, 1.82) is 0 Å². The molecule has 1 aliphatic heterocycles. The molecule has 1 N–H and O–H groups in total. The molecule has 162 valence electrons. The van der Waals surface area contributed by atoms with Crippen LogP contribution in [0.5, 0.6) is 11.5 Å². The Balaban J connectivity index is 1.30. The molecule has 2 aromatic heterocycles. The summed E-state index contributed by atoms with van der Waals surface area (Å²) in [6.45, 7) is 2.43. The van der Waals surface area contributed by atoms with Crippen LogP contribution in [0.15, 0.2) is 53.7 Å². The maximum absolute atomic E-state index is 13.3. The number of fused-ring (bicyclic) bond motifs is 2. The molecule has 0 atom stereocenters. The van der Waals surface area contributed by atoms with Gasteiger partial charge >= 0.3 is 0 Å². The van der Waals surface area contributed by atoms with Crippen LogP contribution in [0.1, 0.15) is 11.3 Å². The van der Waals surface area contributed by atoms with Gasteiger partial charge in [-0.15, -0.1) is 5.10 Å². The zero-order valence-corrected chi connectivity index (χ0v) is 17.9. The zero-order valence-electron chi connectivity index (χ0n) is 17.0. The summed E-state index contributed by atoms with van der Waals surface area (Å²) in [4.78, 5) is 12.5. The van der Waals surface area contributed by atoms with Gasteiger partial charge in [-0.05, 0) is 48.9 Å². The zero-order chi connectivity index (χ0) is 22.1. The highest BCUT2D eigenvalue weighted by Crippen LogP contribution is 2.32. The van der Waals surface area contributed by atoms with Crippen LogP contribution < -0.4 is 14.8 Å². The first kappa shape index (κ1) is 20.3. The second kappa shape index (κ2) is 8.46. The van der Waals surface area contributed by atoms with E-state index in [2.05, 4.69) is 20.6 Å². The van der Waals surface area contributed by atoms with Gasteiger partial charge in [0.25, 0.3) is 0 Å². The van der Waals surface area contributed by atoms with Gasteiger partial charge in [0, 0.05) is 11.9 Å². The van der Waals surface area contributed by atoms with Crippen LogP contribution in [0, 0.1) is 12.7 Å². The summed E-state index contributed by atoms with van der Waals surface area (Å²) in [6.07, 6.45) is 1.70. The normalized spacial score (nSPS) is 12.3. The molecule has 2 aromatic carbocycles. The van der Waals surface area contributed by atoms with Crippen LogP contribution in [-0.2, 0) is 11.3 Å². The topological polar surface area (TPSA) is 91.2 Å². The highest BCUT2D eigenvalue weighted by molar-refractivity contribution is 8.00. The van der Waals surface area contributed by atoms with Crippen molar-refractivity contribution in [3.8, 4) is 17.2 Å². The Morgan fingerprint density at radius 1 is 1.16 bits per heavy atom. The number of nitrogens with zero attached hydrogens (tertiary/aromatic N) is 4. The van der Waals surface area contributed by atoms with Crippen molar-refractivity contribution < 1.29 is 18.7 Å². The number of carbonyl (C=O) groups excluding carboxylic acids is 1. The monoisotopic (exact) mass is 451 g/mol. The third-order valence-corrected chi connectivity index (χ3v) is 5.95. The fraction of sp³-hybridized carbons (Fsp3) is 0.182. The molecule has 3 heterocycles. The van der Waals surface area contributed by atoms with Crippen molar-refractivity contribution in [3.63, 3.8) is 0 Å². The number of aromatic nitrogens is 4. The quantitative estimate of drug-likeness (QED) is 0.449. The average molecular weight is 451 g/mol. The molecule has 32 heavy (non-hydrogen) atoms. The smallest absolute Gasteiger partial charge is 0.231 e. The largest absolute Gasteiger partial charge is 0.454 e. The Kier molecular flexibility index (Phi) is 5.36. The lowest BCUT2D eigenvalue weighted by molar-refractivity contribution is -0.118. The number of aryl methyl sites for hydroxylation is 1. The van der Waals surface area contributed by atoms with E-state index in [0.29, 0.717) is 28.8 Å². The molecule has 1 amide bonds. The lowest BCUT2D eigenvalue weighted by Gasteiger charge is -2.09. The number of thioether (sulfide) groups is 1. The summed E-state index contributed by atoms with van der Waals surface area (Å²) in [5.41, 5.74) is 3.07. The van der Waals surface area contributed by atoms with Crippen LogP contribution >= 0.6 is 11.8 Å². The van der Waals surface area contributed by atoms with E-state index in [1.807, 2.05) is 25.1 Å². The fourth-order valence-corrected chi connectivity index (χ4v) is 4.15. The standard InChI is InChI=1S/C22H18FN5O3S/c1-13-17-10-25-28(16-5-3-15(23)4-6-16)21(17)22(27-26-13)32-11-20(29)24-9-14-2-7-18-19(8-14)31-12-30-18/h2-8,10H,9,11-12H2,1H3,(H,24,29). The van der Waals surface area contributed by atoms with E-state index < -0.39 is 0 Å². The molecule has 0 saturated heterocycles. The van der Waals surface area contributed by atoms with Gasteiger partial charge in [0.15, 0.2) is 11.5 Å². The Morgan fingerprint density at radius 3 is 2.81 bits per heavy atom. The molecule has 5 rings (SSSR count). The Labute approximate surface area is 186 Å². The minimum absolute atomic E-state index is 0.143. The van der Waals surface area contributed by atoms with Gasteiger partial charge < -0.3 is 14.8 Å². The molecule has 1 aliphatic rings. The van der Waals surface area contributed by atoms with Crippen molar-refractivity contribution in [2.24, 2.45) is 0 Å². The van der Waals surface area contributed by atoms with Gasteiger partial charge in [0.1, 0.15) is 16.4 Å². The molecule has 0 unspecified atom stereocenters. The lowest BCUT2D eigenvalue weighted by atomic mass is 10.2. The Morgan fingerprint density at radius 2 is 1.97 bits per heavy atom.